The minimum atomic E-state index is 0.0417. The molecule has 6 saturated carbocycles. The van der Waals surface area contributed by atoms with E-state index in [1.165, 1.54) is 122 Å². The highest BCUT2D eigenvalue weighted by molar-refractivity contribution is 4.97. The zero-order chi connectivity index (χ0) is 60.2. The van der Waals surface area contributed by atoms with Gasteiger partial charge < -0.3 is 47.4 Å². The van der Waals surface area contributed by atoms with Crippen molar-refractivity contribution in [3.8, 4) is 0 Å². The van der Waals surface area contributed by atoms with Gasteiger partial charge in [-0.05, 0) is 221 Å². The Hall–Kier alpha value is -0.400. The molecule has 77 heavy (non-hydrogen) atoms. The third-order valence-electron chi connectivity index (χ3n) is 18.2. The third-order valence-corrected chi connectivity index (χ3v) is 18.2. The number of ether oxygens (including phenoxy) is 10. The molecule has 470 valence electrons. The molecule has 4 bridgehead atoms. The van der Waals surface area contributed by atoms with E-state index in [2.05, 4.69) is 83.1 Å². The largest absolute Gasteiger partial charge is 0.382 e. The summed E-state index contributed by atoms with van der Waals surface area (Å²) in [4.78, 5) is 0. The van der Waals surface area contributed by atoms with Gasteiger partial charge in [-0.15, -0.1) is 0 Å². The van der Waals surface area contributed by atoms with Gasteiger partial charge >= 0.3 is 0 Å². The second-order valence-corrected chi connectivity index (χ2v) is 25.1. The molecule has 6 fully saturated rings. The topological polar surface area (TPSA) is 92.3 Å². The van der Waals surface area contributed by atoms with Crippen LogP contribution in [0.2, 0.25) is 0 Å². The first-order chi connectivity index (χ1) is 36.2. The molecular formula is C67H142O10. The number of methoxy groups -OCH3 is 10. The monoisotopic (exact) mass is 1110 g/mol. The predicted molar refractivity (Wildman–Crippen MR) is 333 cm³/mol. The first-order valence-corrected chi connectivity index (χ1v) is 31.6. The Balaban J connectivity index is -0.000000388. The zero-order valence-corrected chi connectivity index (χ0v) is 57.2. The van der Waals surface area contributed by atoms with E-state index in [9.17, 15) is 0 Å². The summed E-state index contributed by atoms with van der Waals surface area (Å²) in [6.07, 6.45) is 36.6. The van der Waals surface area contributed by atoms with Gasteiger partial charge in [-0.3, -0.25) is 0 Å². The average Bonchev–Trinajstić information content (AvgIpc) is 4.30. The van der Waals surface area contributed by atoms with Gasteiger partial charge in [-0.25, -0.2) is 0 Å². The van der Waals surface area contributed by atoms with Gasteiger partial charge in [0.2, 0.25) is 0 Å². The van der Waals surface area contributed by atoms with Crippen LogP contribution < -0.4 is 0 Å². The van der Waals surface area contributed by atoms with E-state index in [4.69, 9.17) is 47.4 Å². The van der Waals surface area contributed by atoms with Crippen molar-refractivity contribution < 1.29 is 47.4 Å². The van der Waals surface area contributed by atoms with Crippen molar-refractivity contribution in [1.29, 1.82) is 0 Å². The second kappa shape index (κ2) is 49.1. The quantitative estimate of drug-likeness (QED) is 0.140. The Kier molecular flexibility index (Phi) is 52.9. The molecule has 0 radical (unpaired) electrons. The summed E-state index contributed by atoms with van der Waals surface area (Å²) >= 11 is 0. The number of hydrogen-bond donors (Lipinski definition) is 0. The standard InChI is InChI=1S/C10H20O.2C8H14O.C8H18O.C7H14O.2C6H14O.2C5H12O.C4H10O/c1-10(2,11-3)9-7-5-4-6-8-9;1-9-8-4-2-7(6-8)3-5-8;1-9-8-5-6-2-3-7(8)4-6;1-5-8(6-2,7-3)9-4;1-8-7-5-3-2-4-6-7;1-5-6(2,3)7-4;1-4-6(5-2)7-3;1-5(2,3)6-4;1-4-5(2)6-3;1-4(2)5-3/h9H,4-8H2,1-3H3;7H,2-6H2,1H3;6-8H,2-5H2,1H3;5-7H2,1-4H3;7H,2-6H2,1H3;5H2,1-4H3;6H,4-5H2,1-3H3;1-4H3;5H,4H2,1-3H3;4H,1-3H3. The molecule has 4 atom stereocenters. The lowest BCUT2D eigenvalue weighted by Crippen LogP contribution is -2.34. The Morgan fingerprint density at radius 1 is 0.468 bits per heavy atom. The van der Waals surface area contributed by atoms with Crippen molar-refractivity contribution in [1.82, 2.24) is 0 Å². The summed E-state index contributed by atoms with van der Waals surface area (Å²) in [7, 11) is 17.8. The molecule has 10 nitrogen and oxygen atoms in total. The average molecular weight is 1110 g/mol. The molecule has 0 aliphatic heterocycles. The van der Waals surface area contributed by atoms with Crippen LogP contribution >= 0.6 is 0 Å². The van der Waals surface area contributed by atoms with Crippen molar-refractivity contribution in [3.63, 3.8) is 0 Å². The van der Waals surface area contributed by atoms with Crippen LogP contribution in [0.1, 0.15) is 285 Å². The number of fused-ring (bicyclic) bond motifs is 4. The minimum Gasteiger partial charge on any atom is -0.382 e. The summed E-state index contributed by atoms with van der Waals surface area (Å²) < 4.78 is 51.6. The van der Waals surface area contributed by atoms with Crippen LogP contribution in [0.5, 0.6) is 0 Å². The van der Waals surface area contributed by atoms with E-state index < -0.39 is 0 Å². The first-order valence-electron chi connectivity index (χ1n) is 31.6. The summed E-state index contributed by atoms with van der Waals surface area (Å²) in [6, 6.07) is 0. The molecule has 10 heteroatoms. The van der Waals surface area contributed by atoms with E-state index in [-0.39, 0.29) is 22.4 Å². The Morgan fingerprint density at radius 2 is 0.948 bits per heavy atom. The molecular weight excluding hydrogens is 965 g/mol. The lowest BCUT2D eigenvalue weighted by Gasteiger charge is -2.35. The van der Waals surface area contributed by atoms with Crippen LogP contribution in [0.15, 0.2) is 0 Å². The molecule has 6 aliphatic rings. The van der Waals surface area contributed by atoms with Crippen LogP contribution in [-0.2, 0) is 47.4 Å². The predicted octanol–water partition coefficient (Wildman–Crippen LogP) is 18.9. The summed E-state index contributed by atoms with van der Waals surface area (Å²) in [5.41, 5.74) is 0.755. The Bertz CT molecular complexity index is 1170. The summed E-state index contributed by atoms with van der Waals surface area (Å²) in [5.74, 6) is 3.77. The fraction of sp³-hybridized carbons (Fsp3) is 1.00. The highest BCUT2D eigenvalue weighted by atomic mass is 16.5. The summed E-state index contributed by atoms with van der Waals surface area (Å²) in [6.45, 7) is 35.7. The molecule has 6 aliphatic carbocycles. The zero-order valence-electron chi connectivity index (χ0n) is 57.2. The van der Waals surface area contributed by atoms with Crippen molar-refractivity contribution >= 4 is 0 Å². The highest BCUT2D eigenvalue weighted by Gasteiger charge is 2.45. The van der Waals surface area contributed by atoms with Gasteiger partial charge in [0.1, 0.15) is 0 Å². The van der Waals surface area contributed by atoms with Crippen molar-refractivity contribution in [2.75, 3.05) is 71.1 Å². The smallest absolute Gasteiger partial charge is 0.0681 e. The maximum atomic E-state index is 5.49. The van der Waals surface area contributed by atoms with E-state index >= 15 is 0 Å². The summed E-state index contributed by atoms with van der Waals surface area (Å²) in [5, 5.41) is 0. The van der Waals surface area contributed by atoms with Crippen LogP contribution in [0.3, 0.4) is 0 Å². The van der Waals surface area contributed by atoms with Crippen LogP contribution in [0.4, 0.5) is 0 Å². The van der Waals surface area contributed by atoms with Crippen molar-refractivity contribution in [2.45, 2.75) is 343 Å². The fourth-order valence-electron chi connectivity index (χ4n) is 10.3. The first kappa shape index (κ1) is 83.1. The molecule has 0 heterocycles. The van der Waals surface area contributed by atoms with Crippen molar-refractivity contribution in [2.24, 2.45) is 23.7 Å². The molecule has 0 aromatic rings. The minimum absolute atomic E-state index is 0.0417. The van der Waals surface area contributed by atoms with E-state index in [1.54, 1.807) is 42.7 Å². The van der Waals surface area contributed by atoms with Gasteiger partial charge in [0, 0.05) is 71.1 Å². The van der Waals surface area contributed by atoms with Gasteiger partial charge in [-0.1, -0.05) is 87.0 Å². The van der Waals surface area contributed by atoms with Crippen LogP contribution in [0, 0.1) is 23.7 Å². The Labute approximate surface area is 483 Å². The third kappa shape index (κ3) is 42.1. The molecule has 0 amide bonds. The molecule has 0 N–H and O–H groups in total. The lowest BCUT2D eigenvalue weighted by molar-refractivity contribution is -0.0399. The van der Waals surface area contributed by atoms with Crippen molar-refractivity contribution in [3.05, 3.63) is 0 Å². The van der Waals surface area contributed by atoms with E-state index in [1.807, 2.05) is 63.1 Å². The van der Waals surface area contributed by atoms with Gasteiger partial charge in [0.15, 0.2) is 0 Å². The SMILES string of the molecule is CCC(C)(C)OC.CCC(C)OC.CCC(CC)(CC)OC.CCC(CC)OC.COC(C)(C)C.COC(C)(C)C1CCCCC1.COC(C)C.COC12CCC(CC1)C2.COC1CC2CCC1C2.COC1CCCCC1. The maximum absolute atomic E-state index is 5.49. The molecule has 0 saturated heterocycles. The van der Waals surface area contributed by atoms with Crippen LogP contribution in [0.25, 0.3) is 0 Å². The number of rotatable bonds is 17. The number of hydrogen-bond acceptors (Lipinski definition) is 10. The molecule has 4 unspecified atom stereocenters. The van der Waals surface area contributed by atoms with E-state index in [0.717, 1.165) is 68.6 Å². The molecule has 0 spiro atoms. The lowest BCUT2D eigenvalue weighted by atomic mass is 9.79. The van der Waals surface area contributed by atoms with Gasteiger partial charge in [-0.2, -0.15) is 0 Å². The molecule has 6 rings (SSSR count). The normalized spacial score (nSPS) is 23.0. The van der Waals surface area contributed by atoms with Crippen LogP contribution in [-0.4, -0.2) is 130 Å². The highest BCUT2D eigenvalue weighted by Crippen LogP contribution is 2.49. The van der Waals surface area contributed by atoms with E-state index in [0.29, 0.717) is 36.1 Å². The maximum Gasteiger partial charge on any atom is 0.0681 e. The fourth-order valence-corrected chi connectivity index (χ4v) is 10.3. The van der Waals surface area contributed by atoms with Gasteiger partial charge in [0.25, 0.3) is 0 Å². The van der Waals surface area contributed by atoms with Gasteiger partial charge in [0.05, 0.1) is 58.5 Å². The molecule has 0 aromatic carbocycles. The molecule has 0 aromatic heterocycles. The Morgan fingerprint density at radius 3 is 1.10 bits per heavy atom. The second-order valence-electron chi connectivity index (χ2n) is 25.1.